The minimum atomic E-state index is -1.42. The summed E-state index contributed by atoms with van der Waals surface area (Å²) in [6.45, 7) is 2.56. The predicted octanol–water partition coefficient (Wildman–Crippen LogP) is 0.962. The Bertz CT molecular complexity index is 347. The van der Waals surface area contributed by atoms with Gasteiger partial charge in [-0.3, -0.25) is 14.4 Å². The molecule has 0 amide bonds. The SMILES string of the molecule is CC(=O)CC1(OC(C)=O)C=CC=CC1=O. The molecule has 1 rings (SSSR count). The molecule has 0 aromatic carbocycles. The van der Waals surface area contributed by atoms with Gasteiger partial charge < -0.3 is 4.74 Å². The Hall–Kier alpha value is -1.71. The smallest absolute Gasteiger partial charge is 0.303 e. The molecule has 1 aliphatic carbocycles. The molecule has 0 saturated carbocycles. The molecule has 1 aliphatic rings. The van der Waals surface area contributed by atoms with Gasteiger partial charge in [0.1, 0.15) is 5.78 Å². The quantitative estimate of drug-likeness (QED) is 0.648. The van der Waals surface area contributed by atoms with E-state index in [0.29, 0.717) is 0 Å². The summed E-state index contributed by atoms with van der Waals surface area (Å²) in [5.74, 6) is -1.16. The van der Waals surface area contributed by atoms with Gasteiger partial charge in [-0.1, -0.05) is 12.2 Å². The predicted molar refractivity (Wildman–Crippen MR) is 53.1 cm³/mol. The van der Waals surface area contributed by atoms with E-state index in [-0.39, 0.29) is 18.0 Å². The Morgan fingerprint density at radius 2 is 2.00 bits per heavy atom. The summed E-state index contributed by atoms with van der Waals surface area (Å²) in [4.78, 5) is 33.6. The van der Waals surface area contributed by atoms with Gasteiger partial charge >= 0.3 is 5.97 Å². The zero-order valence-corrected chi connectivity index (χ0v) is 8.65. The van der Waals surface area contributed by atoms with Crippen molar-refractivity contribution in [2.24, 2.45) is 0 Å². The molecule has 0 saturated heterocycles. The fraction of sp³-hybridized carbons (Fsp3) is 0.364. The van der Waals surface area contributed by atoms with Gasteiger partial charge in [0.05, 0.1) is 6.42 Å². The maximum atomic E-state index is 11.6. The number of ketones is 2. The highest BCUT2D eigenvalue weighted by atomic mass is 16.6. The van der Waals surface area contributed by atoms with Crippen LogP contribution in [0.15, 0.2) is 24.3 Å². The number of carbonyl (C=O) groups excluding carboxylic acids is 3. The number of esters is 1. The molecule has 0 aromatic rings. The van der Waals surface area contributed by atoms with E-state index in [1.807, 2.05) is 0 Å². The monoisotopic (exact) mass is 208 g/mol. The summed E-state index contributed by atoms with van der Waals surface area (Å²) in [6.07, 6.45) is 5.76. The Balaban J connectivity index is 3.00. The second-order valence-electron chi connectivity index (χ2n) is 3.44. The third kappa shape index (κ3) is 2.62. The van der Waals surface area contributed by atoms with Crippen molar-refractivity contribution in [3.63, 3.8) is 0 Å². The van der Waals surface area contributed by atoms with Crippen molar-refractivity contribution in [2.75, 3.05) is 0 Å². The highest BCUT2D eigenvalue weighted by Crippen LogP contribution is 2.24. The molecule has 4 nitrogen and oxygen atoms in total. The Morgan fingerprint density at radius 1 is 1.33 bits per heavy atom. The van der Waals surface area contributed by atoms with Crippen molar-refractivity contribution in [1.82, 2.24) is 0 Å². The lowest BCUT2D eigenvalue weighted by atomic mass is 9.88. The first-order valence-corrected chi connectivity index (χ1v) is 4.56. The van der Waals surface area contributed by atoms with Crippen LogP contribution < -0.4 is 0 Å². The van der Waals surface area contributed by atoms with E-state index in [9.17, 15) is 14.4 Å². The van der Waals surface area contributed by atoms with Crippen molar-refractivity contribution in [3.8, 4) is 0 Å². The van der Waals surface area contributed by atoms with Crippen LogP contribution in [0.2, 0.25) is 0 Å². The summed E-state index contributed by atoms with van der Waals surface area (Å²) < 4.78 is 4.95. The zero-order chi connectivity index (χ0) is 11.5. The first-order chi connectivity index (χ1) is 6.96. The summed E-state index contributed by atoms with van der Waals surface area (Å²) >= 11 is 0. The Kier molecular flexibility index (Phi) is 3.19. The number of rotatable bonds is 3. The lowest BCUT2D eigenvalue weighted by molar-refractivity contribution is -0.160. The van der Waals surface area contributed by atoms with Crippen LogP contribution in [0.25, 0.3) is 0 Å². The first-order valence-electron chi connectivity index (χ1n) is 4.56. The van der Waals surface area contributed by atoms with Crippen molar-refractivity contribution in [2.45, 2.75) is 25.9 Å². The second kappa shape index (κ2) is 4.21. The lowest BCUT2D eigenvalue weighted by Gasteiger charge is -2.27. The number of carbonyl (C=O) groups is 3. The average molecular weight is 208 g/mol. The second-order valence-corrected chi connectivity index (χ2v) is 3.44. The van der Waals surface area contributed by atoms with Gasteiger partial charge in [0.15, 0.2) is 5.60 Å². The molecule has 0 aliphatic heterocycles. The van der Waals surface area contributed by atoms with E-state index in [1.165, 1.54) is 26.0 Å². The minimum Gasteiger partial charge on any atom is -0.446 e. The van der Waals surface area contributed by atoms with Crippen molar-refractivity contribution < 1.29 is 19.1 Å². The first kappa shape index (κ1) is 11.4. The molecular formula is C11H12O4. The maximum absolute atomic E-state index is 11.6. The number of hydrogen-bond acceptors (Lipinski definition) is 4. The standard InChI is InChI=1S/C11H12O4/c1-8(12)7-11(15-9(2)13)6-4-3-5-10(11)14/h3-6H,7H2,1-2H3. The lowest BCUT2D eigenvalue weighted by Crippen LogP contribution is -2.42. The van der Waals surface area contributed by atoms with Gasteiger partial charge in [0.2, 0.25) is 5.78 Å². The Labute approximate surface area is 87.6 Å². The molecule has 0 fully saturated rings. The van der Waals surface area contributed by atoms with E-state index in [2.05, 4.69) is 0 Å². The molecule has 0 radical (unpaired) electrons. The molecule has 0 spiro atoms. The summed E-state index contributed by atoms with van der Waals surface area (Å²) in [5.41, 5.74) is -1.42. The van der Waals surface area contributed by atoms with Crippen LogP contribution >= 0.6 is 0 Å². The molecule has 0 N–H and O–H groups in total. The summed E-state index contributed by atoms with van der Waals surface area (Å²) in [5, 5.41) is 0. The summed E-state index contributed by atoms with van der Waals surface area (Å²) in [7, 11) is 0. The van der Waals surface area contributed by atoms with Crippen LogP contribution in [-0.4, -0.2) is 23.1 Å². The topological polar surface area (TPSA) is 60.4 Å². The van der Waals surface area contributed by atoms with Gasteiger partial charge in [-0.2, -0.15) is 0 Å². The van der Waals surface area contributed by atoms with Gasteiger partial charge in [-0.05, 0) is 19.1 Å². The van der Waals surface area contributed by atoms with Crippen LogP contribution in [0, 0.1) is 0 Å². The minimum absolute atomic E-state index is 0.119. The maximum Gasteiger partial charge on any atom is 0.303 e. The van der Waals surface area contributed by atoms with E-state index in [1.54, 1.807) is 12.2 Å². The van der Waals surface area contributed by atoms with E-state index >= 15 is 0 Å². The highest BCUT2D eigenvalue weighted by Gasteiger charge is 2.39. The van der Waals surface area contributed by atoms with Gasteiger partial charge in [-0.25, -0.2) is 0 Å². The van der Waals surface area contributed by atoms with Crippen molar-refractivity contribution in [3.05, 3.63) is 24.3 Å². The summed E-state index contributed by atoms with van der Waals surface area (Å²) in [6, 6.07) is 0. The van der Waals surface area contributed by atoms with E-state index in [0.717, 1.165) is 0 Å². The zero-order valence-electron chi connectivity index (χ0n) is 8.65. The highest BCUT2D eigenvalue weighted by molar-refractivity contribution is 6.04. The van der Waals surface area contributed by atoms with Crippen LogP contribution in [0.5, 0.6) is 0 Å². The molecule has 4 heteroatoms. The number of Topliss-reactive ketones (excluding diaryl/α,β-unsaturated/α-hetero) is 1. The molecule has 0 bridgehead atoms. The molecular weight excluding hydrogens is 196 g/mol. The van der Waals surface area contributed by atoms with Crippen LogP contribution in [-0.2, 0) is 19.1 Å². The molecule has 80 valence electrons. The molecule has 15 heavy (non-hydrogen) atoms. The van der Waals surface area contributed by atoms with E-state index < -0.39 is 11.6 Å². The normalized spacial score (nSPS) is 24.0. The van der Waals surface area contributed by atoms with Gasteiger partial charge in [0.25, 0.3) is 0 Å². The van der Waals surface area contributed by atoms with Crippen molar-refractivity contribution in [1.29, 1.82) is 0 Å². The van der Waals surface area contributed by atoms with Gasteiger partial charge in [0, 0.05) is 6.92 Å². The average Bonchev–Trinajstić information content (AvgIpc) is 2.08. The fourth-order valence-electron chi connectivity index (χ4n) is 1.47. The fourth-order valence-corrected chi connectivity index (χ4v) is 1.47. The largest absolute Gasteiger partial charge is 0.446 e. The number of hydrogen-bond donors (Lipinski definition) is 0. The van der Waals surface area contributed by atoms with E-state index in [4.69, 9.17) is 4.74 Å². The molecule has 0 aromatic heterocycles. The number of allylic oxidation sites excluding steroid dienone is 2. The van der Waals surface area contributed by atoms with Crippen LogP contribution in [0.4, 0.5) is 0 Å². The third-order valence-electron chi connectivity index (χ3n) is 1.98. The van der Waals surface area contributed by atoms with Crippen LogP contribution in [0.1, 0.15) is 20.3 Å². The molecule has 1 unspecified atom stereocenters. The molecule has 1 atom stereocenters. The third-order valence-corrected chi connectivity index (χ3v) is 1.98. The Morgan fingerprint density at radius 3 is 2.47 bits per heavy atom. The van der Waals surface area contributed by atoms with Crippen LogP contribution in [0.3, 0.4) is 0 Å². The number of ether oxygens (including phenoxy) is 1. The molecule has 0 heterocycles. The van der Waals surface area contributed by atoms with Gasteiger partial charge in [-0.15, -0.1) is 0 Å². The van der Waals surface area contributed by atoms with Crippen molar-refractivity contribution >= 4 is 17.5 Å².